The molecule has 3 heteroatoms. The monoisotopic (exact) mass is 278 g/mol. The highest BCUT2D eigenvalue weighted by atomic mass is 35.5. The van der Waals surface area contributed by atoms with Crippen molar-refractivity contribution in [2.75, 3.05) is 0 Å². The van der Waals surface area contributed by atoms with Gasteiger partial charge in [0.15, 0.2) is 0 Å². The maximum Gasteiger partial charge on any atom is 0.127 e. The number of aryl methyl sites for hydroxylation is 1. The van der Waals surface area contributed by atoms with Crippen molar-refractivity contribution in [3.63, 3.8) is 0 Å². The number of hydrogen-bond acceptors (Lipinski definition) is 1. The molecule has 0 bridgehead atoms. The summed E-state index contributed by atoms with van der Waals surface area (Å²) in [6.07, 6.45) is 0.207. The average molecular weight is 279 g/mol. The van der Waals surface area contributed by atoms with Crippen molar-refractivity contribution in [2.24, 2.45) is 0 Å². The second-order valence-electron chi connectivity index (χ2n) is 4.79. The van der Waals surface area contributed by atoms with Gasteiger partial charge in [-0.3, -0.25) is 0 Å². The number of halogens is 2. The zero-order valence-corrected chi connectivity index (χ0v) is 11.5. The molecule has 0 aliphatic heterocycles. The summed E-state index contributed by atoms with van der Waals surface area (Å²) in [6.45, 7) is 2.01. The molecule has 0 saturated carbocycles. The maximum absolute atomic E-state index is 13.6. The van der Waals surface area contributed by atoms with Crippen molar-refractivity contribution in [2.45, 2.75) is 25.9 Å². The summed E-state index contributed by atoms with van der Waals surface area (Å²) in [7, 11) is 0. The average Bonchev–Trinajstić information content (AvgIpc) is 2.33. The topological polar surface area (TPSA) is 20.2 Å². The Morgan fingerprint density at radius 2 is 1.95 bits per heavy atom. The highest BCUT2D eigenvalue weighted by molar-refractivity contribution is 6.30. The first kappa shape index (κ1) is 14.0. The van der Waals surface area contributed by atoms with E-state index in [1.807, 2.05) is 31.2 Å². The SMILES string of the molecule is Cc1cccc(CC(O)Cc2ccc(Cl)cc2F)c1. The lowest BCUT2D eigenvalue weighted by Gasteiger charge is -2.12. The first-order valence-electron chi connectivity index (χ1n) is 6.22. The van der Waals surface area contributed by atoms with Crippen molar-refractivity contribution in [1.29, 1.82) is 0 Å². The maximum atomic E-state index is 13.6. The molecule has 0 saturated heterocycles. The minimum absolute atomic E-state index is 0.289. The summed E-state index contributed by atoms with van der Waals surface area (Å²) in [6, 6.07) is 12.5. The van der Waals surface area contributed by atoms with Gasteiger partial charge in [0.1, 0.15) is 5.82 Å². The van der Waals surface area contributed by atoms with Crippen molar-refractivity contribution < 1.29 is 9.50 Å². The smallest absolute Gasteiger partial charge is 0.127 e. The Balaban J connectivity index is 2.03. The summed E-state index contributed by atoms with van der Waals surface area (Å²) in [5, 5.41) is 10.4. The molecule has 1 N–H and O–H groups in total. The van der Waals surface area contributed by atoms with Crippen LogP contribution < -0.4 is 0 Å². The van der Waals surface area contributed by atoms with Crippen LogP contribution in [0.15, 0.2) is 42.5 Å². The lowest BCUT2D eigenvalue weighted by molar-refractivity contribution is 0.174. The molecule has 0 radical (unpaired) electrons. The van der Waals surface area contributed by atoms with Gasteiger partial charge in [0, 0.05) is 11.4 Å². The second-order valence-corrected chi connectivity index (χ2v) is 5.22. The van der Waals surface area contributed by atoms with Crippen LogP contribution in [0.25, 0.3) is 0 Å². The molecule has 1 nitrogen and oxygen atoms in total. The lowest BCUT2D eigenvalue weighted by Crippen LogP contribution is -2.14. The largest absolute Gasteiger partial charge is 0.392 e. The number of aliphatic hydroxyl groups excluding tert-OH is 1. The molecular weight excluding hydrogens is 263 g/mol. The Morgan fingerprint density at radius 1 is 1.16 bits per heavy atom. The molecule has 0 aliphatic carbocycles. The van der Waals surface area contributed by atoms with E-state index in [2.05, 4.69) is 0 Å². The zero-order chi connectivity index (χ0) is 13.8. The summed E-state index contributed by atoms with van der Waals surface area (Å²) in [5.41, 5.74) is 2.70. The molecule has 0 spiro atoms. The van der Waals surface area contributed by atoms with Gasteiger partial charge in [0.2, 0.25) is 0 Å². The molecule has 0 heterocycles. The van der Waals surface area contributed by atoms with E-state index in [0.717, 1.165) is 11.1 Å². The minimum Gasteiger partial charge on any atom is -0.392 e. The molecule has 1 unspecified atom stereocenters. The van der Waals surface area contributed by atoms with Crippen LogP contribution in [0.3, 0.4) is 0 Å². The van der Waals surface area contributed by atoms with E-state index in [-0.39, 0.29) is 12.2 Å². The van der Waals surface area contributed by atoms with Gasteiger partial charge in [-0.25, -0.2) is 4.39 Å². The Bertz CT molecular complexity index is 568. The summed E-state index contributed by atoms with van der Waals surface area (Å²) in [4.78, 5) is 0. The quantitative estimate of drug-likeness (QED) is 0.898. The predicted octanol–water partition coefficient (Wildman–Crippen LogP) is 3.93. The van der Waals surface area contributed by atoms with E-state index in [1.165, 1.54) is 6.07 Å². The van der Waals surface area contributed by atoms with Crippen molar-refractivity contribution in [3.05, 3.63) is 70.0 Å². The molecule has 0 fully saturated rings. The van der Waals surface area contributed by atoms with Crippen molar-refractivity contribution in [3.8, 4) is 0 Å². The van der Waals surface area contributed by atoms with E-state index < -0.39 is 6.10 Å². The Labute approximate surface area is 117 Å². The fourth-order valence-corrected chi connectivity index (χ4v) is 2.28. The lowest BCUT2D eigenvalue weighted by atomic mass is 10.00. The number of aliphatic hydroxyl groups is 1. The third-order valence-corrected chi connectivity index (χ3v) is 3.26. The Hall–Kier alpha value is -1.38. The van der Waals surface area contributed by atoms with Crippen LogP contribution in [-0.4, -0.2) is 11.2 Å². The summed E-state index contributed by atoms with van der Waals surface area (Å²) >= 11 is 5.70. The van der Waals surface area contributed by atoms with Crippen LogP contribution in [0.1, 0.15) is 16.7 Å². The number of rotatable bonds is 4. The zero-order valence-electron chi connectivity index (χ0n) is 10.7. The van der Waals surface area contributed by atoms with Crippen LogP contribution in [0.2, 0.25) is 5.02 Å². The molecule has 1 atom stereocenters. The standard InChI is InChI=1S/C16H16ClFO/c1-11-3-2-4-12(7-11)8-15(19)9-13-5-6-14(17)10-16(13)18/h2-7,10,15,19H,8-9H2,1H3. The third-order valence-electron chi connectivity index (χ3n) is 3.02. The van der Waals surface area contributed by atoms with Gasteiger partial charge >= 0.3 is 0 Å². The fourth-order valence-electron chi connectivity index (χ4n) is 2.12. The van der Waals surface area contributed by atoms with Gasteiger partial charge in [-0.1, -0.05) is 47.5 Å². The van der Waals surface area contributed by atoms with Gasteiger partial charge < -0.3 is 5.11 Å². The Kier molecular flexibility index (Phi) is 4.56. The molecule has 100 valence electrons. The normalized spacial score (nSPS) is 12.4. The second kappa shape index (κ2) is 6.18. The van der Waals surface area contributed by atoms with Gasteiger partial charge in [-0.2, -0.15) is 0 Å². The molecule has 2 aromatic carbocycles. The van der Waals surface area contributed by atoms with Crippen LogP contribution in [-0.2, 0) is 12.8 Å². The fraction of sp³-hybridized carbons (Fsp3) is 0.250. The van der Waals surface area contributed by atoms with Gasteiger partial charge in [-0.15, -0.1) is 0 Å². The van der Waals surface area contributed by atoms with Gasteiger partial charge in [0.05, 0.1) is 6.10 Å². The van der Waals surface area contributed by atoms with Crippen LogP contribution in [0.4, 0.5) is 4.39 Å². The van der Waals surface area contributed by atoms with E-state index in [1.54, 1.807) is 12.1 Å². The first-order valence-corrected chi connectivity index (χ1v) is 6.60. The molecule has 2 aromatic rings. The van der Waals surface area contributed by atoms with Crippen molar-refractivity contribution >= 4 is 11.6 Å². The predicted molar refractivity (Wildman–Crippen MR) is 76.0 cm³/mol. The van der Waals surface area contributed by atoms with E-state index in [0.29, 0.717) is 17.0 Å². The van der Waals surface area contributed by atoms with E-state index in [4.69, 9.17) is 11.6 Å². The van der Waals surface area contributed by atoms with E-state index >= 15 is 0 Å². The number of hydrogen-bond donors (Lipinski definition) is 1. The Morgan fingerprint density at radius 3 is 2.63 bits per heavy atom. The molecular formula is C16H16ClFO. The summed E-state index contributed by atoms with van der Waals surface area (Å²) < 4.78 is 13.6. The highest BCUT2D eigenvalue weighted by Crippen LogP contribution is 2.17. The molecule has 0 aliphatic rings. The molecule has 2 rings (SSSR count). The molecule has 0 amide bonds. The molecule has 19 heavy (non-hydrogen) atoms. The van der Waals surface area contributed by atoms with Crippen LogP contribution in [0.5, 0.6) is 0 Å². The molecule has 0 aromatic heterocycles. The van der Waals surface area contributed by atoms with Crippen molar-refractivity contribution in [1.82, 2.24) is 0 Å². The summed E-state index contributed by atoms with van der Waals surface area (Å²) in [5.74, 6) is -0.365. The van der Waals surface area contributed by atoms with E-state index in [9.17, 15) is 9.50 Å². The third kappa shape index (κ3) is 4.05. The highest BCUT2D eigenvalue weighted by Gasteiger charge is 2.11. The first-order chi connectivity index (χ1) is 9.04. The van der Waals surface area contributed by atoms with Gasteiger partial charge in [-0.05, 0) is 36.6 Å². The van der Waals surface area contributed by atoms with Crippen LogP contribution in [0, 0.1) is 12.7 Å². The van der Waals surface area contributed by atoms with Crippen LogP contribution >= 0.6 is 11.6 Å². The number of benzene rings is 2. The minimum atomic E-state index is -0.600. The van der Waals surface area contributed by atoms with Gasteiger partial charge in [0.25, 0.3) is 0 Å².